The van der Waals surface area contributed by atoms with Crippen LogP contribution in [0.3, 0.4) is 0 Å². The van der Waals surface area contributed by atoms with E-state index in [9.17, 15) is 9.59 Å². The summed E-state index contributed by atoms with van der Waals surface area (Å²) in [5.41, 5.74) is 0.412. The third-order valence-corrected chi connectivity index (χ3v) is 3.12. The number of nitrogens with one attached hydrogen (secondary N) is 2. The van der Waals surface area contributed by atoms with Crippen LogP contribution in [0, 0.1) is 6.92 Å². The van der Waals surface area contributed by atoms with Crippen molar-refractivity contribution in [1.29, 1.82) is 0 Å². The molecule has 0 radical (unpaired) electrons. The molecule has 0 aliphatic rings. The Morgan fingerprint density at radius 2 is 2.19 bits per heavy atom. The van der Waals surface area contributed by atoms with E-state index in [1.165, 1.54) is 12.1 Å². The zero-order valence-electron chi connectivity index (χ0n) is 10.9. The summed E-state index contributed by atoms with van der Waals surface area (Å²) < 4.78 is 5.41. The fraction of sp³-hybridized carbons (Fsp3) is 0.167. The van der Waals surface area contributed by atoms with E-state index < -0.39 is 12.0 Å². The molecule has 9 heteroatoms. The number of hydrogen-bond acceptors (Lipinski definition) is 5. The molecule has 3 N–H and O–H groups in total. The van der Waals surface area contributed by atoms with Gasteiger partial charge in [0.2, 0.25) is 5.89 Å². The first kappa shape index (κ1) is 15.0. The molecule has 0 fully saturated rings. The Hall–Kier alpha value is -2.42. The SMILES string of the molecule is Cc1noc(CNC(=O)Nc2cc(C(=O)O)ccc2Br)n1. The molecule has 2 aromatic rings. The predicted molar refractivity (Wildman–Crippen MR) is 76.0 cm³/mol. The molecule has 2 rings (SSSR count). The fourth-order valence-corrected chi connectivity index (χ4v) is 1.83. The van der Waals surface area contributed by atoms with Crippen LogP contribution in [0.25, 0.3) is 0 Å². The first-order chi connectivity index (χ1) is 9.95. The second-order valence-electron chi connectivity index (χ2n) is 4.04. The van der Waals surface area contributed by atoms with Crippen LogP contribution in [0.4, 0.5) is 10.5 Å². The number of urea groups is 1. The van der Waals surface area contributed by atoms with Crippen molar-refractivity contribution in [2.45, 2.75) is 13.5 Å². The number of nitrogens with zero attached hydrogens (tertiary/aromatic N) is 2. The van der Waals surface area contributed by atoms with Crippen molar-refractivity contribution < 1.29 is 19.2 Å². The van der Waals surface area contributed by atoms with Crippen LogP contribution >= 0.6 is 15.9 Å². The lowest BCUT2D eigenvalue weighted by Crippen LogP contribution is -2.28. The molecular formula is C12H11BrN4O4. The number of aromatic carboxylic acids is 1. The quantitative estimate of drug-likeness (QED) is 0.774. The maximum atomic E-state index is 11.7. The highest BCUT2D eigenvalue weighted by Gasteiger charge is 2.10. The summed E-state index contributed by atoms with van der Waals surface area (Å²) in [6.45, 7) is 1.74. The molecule has 1 heterocycles. The molecule has 1 aromatic carbocycles. The van der Waals surface area contributed by atoms with E-state index in [1.807, 2.05) is 0 Å². The van der Waals surface area contributed by atoms with Crippen LogP contribution in [-0.4, -0.2) is 27.2 Å². The molecule has 0 unspecified atom stereocenters. The minimum Gasteiger partial charge on any atom is -0.478 e. The van der Waals surface area contributed by atoms with Crippen molar-refractivity contribution in [3.63, 3.8) is 0 Å². The Morgan fingerprint density at radius 1 is 1.43 bits per heavy atom. The summed E-state index contributed by atoms with van der Waals surface area (Å²) in [6.07, 6.45) is 0. The summed E-state index contributed by atoms with van der Waals surface area (Å²) >= 11 is 3.23. The largest absolute Gasteiger partial charge is 0.478 e. The van der Waals surface area contributed by atoms with Gasteiger partial charge in [-0.2, -0.15) is 4.98 Å². The van der Waals surface area contributed by atoms with Gasteiger partial charge < -0.3 is 20.3 Å². The maximum Gasteiger partial charge on any atom is 0.335 e. The van der Waals surface area contributed by atoms with E-state index in [2.05, 4.69) is 36.7 Å². The molecule has 1 aromatic heterocycles. The standard InChI is InChI=1S/C12H11BrN4O4/c1-6-15-10(21-17-6)5-14-12(20)16-9-4-7(11(18)19)2-3-8(9)13/h2-4H,5H2,1H3,(H,18,19)(H2,14,16,20). The molecule has 0 saturated heterocycles. The number of carbonyl (C=O) groups excluding carboxylic acids is 1. The summed E-state index contributed by atoms with van der Waals surface area (Å²) in [5, 5.41) is 17.6. The zero-order chi connectivity index (χ0) is 15.4. The van der Waals surface area contributed by atoms with Crippen LogP contribution in [0.2, 0.25) is 0 Å². The van der Waals surface area contributed by atoms with Gasteiger partial charge in [0.25, 0.3) is 0 Å². The lowest BCUT2D eigenvalue weighted by atomic mass is 10.2. The summed E-state index contributed by atoms with van der Waals surface area (Å²) in [5.74, 6) is -0.322. The van der Waals surface area contributed by atoms with Gasteiger partial charge in [-0.1, -0.05) is 5.16 Å². The van der Waals surface area contributed by atoms with Crippen molar-refractivity contribution in [3.05, 3.63) is 40.0 Å². The lowest BCUT2D eigenvalue weighted by Gasteiger charge is -2.08. The Bertz CT molecular complexity index is 686. The fourth-order valence-electron chi connectivity index (χ4n) is 1.49. The Balaban J connectivity index is 1.99. The summed E-state index contributed by atoms with van der Waals surface area (Å²) in [7, 11) is 0. The molecular weight excluding hydrogens is 344 g/mol. The number of hydrogen-bond donors (Lipinski definition) is 3. The molecule has 0 atom stereocenters. The van der Waals surface area contributed by atoms with Gasteiger partial charge in [-0.05, 0) is 41.1 Å². The predicted octanol–water partition coefficient (Wildman–Crippen LogP) is 2.16. The second-order valence-corrected chi connectivity index (χ2v) is 4.90. The van der Waals surface area contributed by atoms with E-state index in [0.29, 0.717) is 16.0 Å². The molecule has 0 aliphatic heterocycles. The van der Waals surface area contributed by atoms with Crippen LogP contribution < -0.4 is 10.6 Å². The molecule has 110 valence electrons. The number of anilines is 1. The van der Waals surface area contributed by atoms with Gasteiger partial charge in [0.15, 0.2) is 5.82 Å². The highest BCUT2D eigenvalue weighted by atomic mass is 79.9. The first-order valence-electron chi connectivity index (χ1n) is 5.82. The van der Waals surface area contributed by atoms with Gasteiger partial charge in [0, 0.05) is 4.47 Å². The molecule has 0 spiro atoms. The smallest absolute Gasteiger partial charge is 0.335 e. The van der Waals surface area contributed by atoms with Crippen molar-refractivity contribution in [1.82, 2.24) is 15.5 Å². The molecule has 8 nitrogen and oxygen atoms in total. The monoisotopic (exact) mass is 354 g/mol. The van der Waals surface area contributed by atoms with Crippen molar-refractivity contribution >= 4 is 33.6 Å². The van der Waals surface area contributed by atoms with Crippen molar-refractivity contribution in [2.75, 3.05) is 5.32 Å². The van der Waals surface area contributed by atoms with E-state index in [0.717, 1.165) is 0 Å². The zero-order valence-corrected chi connectivity index (χ0v) is 12.5. The molecule has 2 amide bonds. The minimum absolute atomic E-state index is 0.0704. The van der Waals surface area contributed by atoms with Crippen LogP contribution in [-0.2, 0) is 6.54 Å². The third kappa shape index (κ3) is 4.02. The second kappa shape index (κ2) is 6.35. The minimum atomic E-state index is -1.08. The number of rotatable bonds is 4. The highest BCUT2D eigenvalue weighted by Crippen LogP contribution is 2.23. The highest BCUT2D eigenvalue weighted by molar-refractivity contribution is 9.10. The number of halogens is 1. The maximum absolute atomic E-state index is 11.7. The van der Waals surface area contributed by atoms with E-state index in [4.69, 9.17) is 9.63 Å². The molecule has 21 heavy (non-hydrogen) atoms. The van der Waals surface area contributed by atoms with E-state index >= 15 is 0 Å². The summed E-state index contributed by atoms with van der Waals surface area (Å²) in [4.78, 5) is 26.6. The first-order valence-corrected chi connectivity index (χ1v) is 6.62. The molecule has 0 saturated carbocycles. The number of carbonyl (C=O) groups is 2. The van der Waals surface area contributed by atoms with Crippen molar-refractivity contribution in [2.24, 2.45) is 0 Å². The average molecular weight is 355 g/mol. The van der Waals surface area contributed by atoms with Gasteiger partial charge in [-0.25, -0.2) is 9.59 Å². The lowest BCUT2D eigenvalue weighted by molar-refractivity contribution is 0.0697. The average Bonchev–Trinajstić information content (AvgIpc) is 2.84. The number of benzene rings is 1. The van der Waals surface area contributed by atoms with Crippen molar-refractivity contribution in [3.8, 4) is 0 Å². The van der Waals surface area contributed by atoms with Gasteiger partial charge in [0.05, 0.1) is 17.8 Å². The number of amides is 2. The number of aryl methyl sites for hydroxylation is 1. The Labute approximate surface area is 127 Å². The topological polar surface area (TPSA) is 117 Å². The molecule has 0 aliphatic carbocycles. The third-order valence-electron chi connectivity index (χ3n) is 2.43. The van der Waals surface area contributed by atoms with Gasteiger partial charge in [-0.15, -0.1) is 0 Å². The van der Waals surface area contributed by atoms with Gasteiger partial charge in [-0.3, -0.25) is 0 Å². The van der Waals surface area contributed by atoms with E-state index in [1.54, 1.807) is 13.0 Å². The Morgan fingerprint density at radius 3 is 2.81 bits per heavy atom. The van der Waals surface area contributed by atoms with Crippen LogP contribution in [0.5, 0.6) is 0 Å². The van der Waals surface area contributed by atoms with Crippen LogP contribution in [0.1, 0.15) is 22.1 Å². The van der Waals surface area contributed by atoms with E-state index in [-0.39, 0.29) is 18.0 Å². The van der Waals surface area contributed by atoms with Gasteiger partial charge in [0.1, 0.15) is 0 Å². The van der Waals surface area contributed by atoms with Crippen LogP contribution in [0.15, 0.2) is 27.2 Å². The molecule has 0 bridgehead atoms. The normalized spacial score (nSPS) is 10.2. The number of aromatic nitrogens is 2. The summed E-state index contributed by atoms with van der Waals surface area (Å²) in [6, 6.07) is 3.80. The van der Waals surface area contributed by atoms with Gasteiger partial charge >= 0.3 is 12.0 Å². The number of carboxylic acids is 1. The number of carboxylic acid groups (broad SMARTS) is 1. The Kier molecular flexibility index (Phi) is 4.53.